The summed E-state index contributed by atoms with van der Waals surface area (Å²) in [6.07, 6.45) is 0. The van der Waals surface area contributed by atoms with Crippen molar-refractivity contribution in [2.75, 3.05) is 11.9 Å². The van der Waals surface area contributed by atoms with Crippen molar-refractivity contribution in [3.05, 3.63) is 76.8 Å². The van der Waals surface area contributed by atoms with Crippen LogP contribution in [0.1, 0.15) is 35.9 Å². The molecule has 32 heavy (non-hydrogen) atoms. The van der Waals surface area contributed by atoms with E-state index in [1.807, 2.05) is 61.0 Å². The molecule has 0 saturated heterocycles. The maximum atomic E-state index is 11.4. The Morgan fingerprint density at radius 3 is 2.50 bits per heavy atom. The minimum atomic E-state index is -0.333. The number of carbonyl (C=O) groups excluding carboxylic acids is 2. The smallest absolute Gasteiger partial charge is 0.293 e. The van der Waals surface area contributed by atoms with E-state index < -0.39 is 0 Å². The van der Waals surface area contributed by atoms with E-state index >= 15 is 0 Å². The minimum Gasteiger partial charge on any atom is -0.458 e. The first-order valence-corrected chi connectivity index (χ1v) is 11.2. The molecule has 0 saturated carbocycles. The lowest BCUT2D eigenvalue weighted by Gasteiger charge is -2.13. The van der Waals surface area contributed by atoms with Crippen molar-refractivity contribution in [2.24, 2.45) is 0 Å². The molecule has 0 aliphatic carbocycles. The molecular weight excluding hydrogens is 422 g/mol. The zero-order chi connectivity index (χ0) is 23.1. The fourth-order valence-electron chi connectivity index (χ4n) is 3.32. The number of aryl methyl sites for hydroxylation is 2. The number of para-hydroxylation sites is 2. The van der Waals surface area contributed by atoms with Gasteiger partial charge in [-0.05, 0) is 49.6 Å². The molecule has 6 nitrogen and oxygen atoms in total. The number of fused-ring (bicyclic) bond motifs is 1. The Labute approximate surface area is 191 Å². The summed E-state index contributed by atoms with van der Waals surface area (Å²) in [6.45, 7) is 8.30. The summed E-state index contributed by atoms with van der Waals surface area (Å²) in [4.78, 5) is 23.9. The highest BCUT2D eigenvalue weighted by Gasteiger charge is 2.11. The van der Waals surface area contributed by atoms with E-state index in [1.165, 1.54) is 15.1 Å². The van der Waals surface area contributed by atoms with Gasteiger partial charge in [0.1, 0.15) is 4.83 Å². The van der Waals surface area contributed by atoms with Gasteiger partial charge in [0.05, 0.1) is 11.4 Å². The standard InChI is InChI=1S/C13H12N2S.C12H15NO3/c1-9-8-12-10(2)14-15(13(12)16-9)11-6-4-3-5-7-11;1-9(2)10-5-3-4-6-11(10)13-12(15)7-16-8-14/h3-8H,1-2H3;3-6,8-9H,7H2,1-2H3,(H,13,15). The molecular formula is C25H27N3O3S. The third-order valence-electron chi connectivity index (χ3n) is 4.81. The first-order chi connectivity index (χ1) is 15.4. The fraction of sp³-hybridized carbons (Fsp3) is 0.240. The molecule has 0 atom stereocenters. The van der Waals surface area contributed by atoms with Crippen LogP contribution in [0.25, 0.3) is 15.9 Å². The number of amides is 1. The largest absolute Gasteiger partial charge is 0.458 e. The quantitative estimate of drug-likeness (QED) is 0.388. The summed E-state index contributed by atoms with van der Waals surface area (Å²) in [5.41, 5.74) is 4.05. The highest BCUT2D eigenvalue weighted by atomic mass is 32.1. The van der Waals surface area contributed by atoms with E-state index in [0.717, 1.165) is 22.6 Å². The van der Waals surface area contributed by atoms with Crippen LogP contribution in [0.15, 0.2) is 60.7 Å². The molecule has 0 aliphatic heterocycles. The Kier molecular flexibility index (Phi) is 7.78. The maximum absolute atomic E-state index is 11.4. The number of thiophene rings is 1. The van der Waals surface area contributed by atoms with Gasteiger partial charge in [-0.1, -0.05) is 50.2 Å². The van der Waals surface area contributed by atoms with E-state index in [2.05, 4.69) is 47.2 Å². The van der Waals surface area contributed by atoms with Gasteiger partial charge in [0, 0.05) is 16.0 Å². The molecule has 0 radical (unpaired) electrons. The van der Waals surface area contributed by atoms with Gasteiger partial charge in [-0.2, -0.15) is 5.10 Å². The second-order valence-electron chi connectivity index (χ2n) is 7.61. The van der Waals surface area contributed by atoms with E-state index in [4.69, 9.17) is 0 Å². The second-order valence-corrected chi connectivity index (χ2v) is 8.84. The normalized spacial score (nSPS) is 10.5. The van der Waals surface area contributed by atoms with Gasteiger partial charge in [0.25, 0.3) is 12.4 Å². The van der Waals surface area contributed by atoms with Gasteiger partial charge in [0.2, 0.25) is 0 Å². The Hall–Kier alpha value is -3.45. The minimum absolute atomic E-state index is 0.254. The SMILES string of the molecule is CC(C)c1ccccc1NC(=O)COC=O.Cc1cc2c(C)nn(-c3ccccc3)c2s1. The van der Waals surface area contributed by atoms with Crippen LogP contribution in [0.5, 0.6) is 0 Å². The molecule has 4 aromatic rings. The number of carbonyl (C=O) groups is 2. The van der Waals surface area contributed by atoms with Crippen molar-refractivity contribution in [2.45, 2.75) is 33.6 Å². The summed E-state index contributed by atoms with van der Waals surface area (Å²) in [6, 6.07) is 20.0. The predicted molar refractivity (Wildman–Crippen MR) is 130 cm³/mol. The van der Waals surface area contributed by atoms with Crippen LogP contribution in [0.3, 0.4) is 0 Å². The third-order valence-corrected chi connectivity index (χ3v) is 5.83. The van der Waals surface area contributed by atoms with Crippen LogP contribution < -0.4 is 5.32 Å². The average Bonchev–Trinajstić information content (AvgIpc) is 3.31. The molecule has 2 aromatic carbocycles. The van der Waals surface area contributed by atoms with Crippen LogP contribution in [-0.2, 0) is 14.3 Å². The Balaban J connectivity index is 0.000000181. The first-order valence-electron chi connectivity index (χ1n) is 10.4. The van der Waals surface area contributed by atoms with Crippen molar-refractivity contribution in [3.63, 3.8) is 0 Å². The van der Waals surface area contributed by atoms with Crippen molar-refractivity contribution < 1.29 is 14.3 Å². The van der Waals surface area contributed by atoms with Crippen molar-refractivity contribution in [1.82, 2.24) is 9.78 Å². The highest BCUT2D eigenvalue weighted by Crippen LogP contribution is 2.29. The van der Waals surface area contributed by atoms with Crippen LogP contribution in [-0.4, -0.2) is 28.8 Å². The second kappa shape index (κ2) is 10.7. The Bertz CT molecular complexity index is 1200. The van der Waals surface area contributed by atoms with Gasteiger partial charge < -0.3 is 10.1 Å². The molecule has 0 bridgehead atoms. The van der Waals surface area contributed by atoms with Crippen LogP contribution >= 0.6 is 11.3 Å². The number of hydrogen-bond donors (Lipinski definition) is 1. The van der Waals surface area contributed by atoms with Crippen molar-refractivity contribution in [1.29, 1.82) is 0 Å². The molecule has 2 aromatic heterocycles. The number of aromatic nitrogens is 2. The molecule has 0 fully saturated rings. The summed E-state index contributed by atoms with van der Waals surface area (Å²) >= 11 is 1.79. The highest BCUT2D eigenvalue weighted by molar-refractivity contribution is 7.18. The molecule has 0 spiro atoms. The molecule has 166 valence electrons. The zero-order valence-corrected chi connectivity index (χ0v) is 19.5. The molecule has 0 aliphatic rings. The third kappa shape index (κ3) is 5.62. The number of nitrogens with one attached hydrogen (secondary N) is 1. The van der Waals surface area contributed by atoms with Gasteiger partial charge in [-0.3, -0.25) is 9.59 Å². The molecule has 7 heteroatoms. The number of hydrogen-bond acceptors (Lipinski definition) is 5. The molecule has 1 amide bonds. The van der Waals surface area contributed by atoms with E-state index in [9.17, 15) is 9.59 Å². The van der Waals surface area contributed by atoms with E-state index in [-0.39, 0.29) is 19.0 Å². The van der Waals surface area contributed by atoms with Gasteiger partial charge in [-0.15, -0.1) is 11.3 Å². The lowest BCUT2D eigenvalue weighted by atomic mass is 10.0. The summed E-state index contributed by atoms with van der Waals surface area (Å²) < 4.78 is 6.41. The molecule has 0 unspecified atom stereocenters. The number of ether oxygens (including phenoxy) is 1. The van der Waals surface area contributed by atoms with Gasteiger partial charge >= 0.3 is 0 Å². The molecule has 4 rings (SSSR count). The molecule has 2 heterocycles. The van der Waals surface area contributed by atoms with Crippen LogP contribution in [0.4, 0.5) is 5.69 Å². The lowest BCUT2D eigenvalue weighted by molar-refractivity contribution is -0.135. The van der Waals surface area contributed by atoms with Gasteiger partial charge in [-0.25, -0.2) is 4.68 Å². The number of rotatable bonds is 6. The Morgan fingerprint density at radius 1 is 1.12 bits per heavy atom. The van der Waals surface area contributed by atoms with Crippen molar-refractivity contribution in [3.8, 4) is 5.69 Å². The lowest BCUT2D eigenvalue weighted by Crippen LogP contribution is -2.18. The number of nitrogens with zero attached hydrogens (tertiary/aromatic N) is 2. The first kappa shape index (κ1) is 23.2. The summed E-state index contributed by atoms with van der Waals surface area (Å²) in [5, 5.41) is 8.56. The average molecular weight is 450 g/mol. The Morgan fingerprint density at radius 2 is 1.81 bits per heavy atom. The van der Waals surface area contributed by atoms with Crippen molar-refractivity contribution >= 4 is 39.6 Å². The van der Waals surface area contributed by atoms with E-state index in [0.29, 0.717) is 5.92 Å². The fourth-order valence-corrected chi connectivity index (χ4v) is 4.35. The predicted octanol–water partition coefficient (Wildman–Crippen LogP) is 5.63. The molecule has 1 N–H and O–H groups in total. The monoisotopic (exact) mass is 449 g/mol. The topological polar surface area (TPSA) is 73.2 Å². The van der Waals surface area contributed by atoms with Gasteiger partial charge in [0.15, 0.2) is 6.61 Å². The maximum Gasteiger partial charge on any atom is 0.293 e. The summed E-state index contributed by atoms with van der Waals surface area (Å²) in [7, 11) is 0. The summed E-state index contributed by atoms with van der Waals surface area (Å²) in [5.74, 6) is -0.0105. The number of anilines is 1. The van der Waals surface area contributed by atoms with E-state index in [1.54, 1.807) is 11.3 Å². The van der Waals surface area contributed by atoms with Crippen LogP contribution in [0.2, 0.25) is 0 Å². The number of benzene rings is 2. The van der Waals surface area contributed by atoms with Crippen LogP contribution in [0, 0.1) is 13.8 Å². The zero-order valence-electron chi connectivity index (χ0n) is 18.7.